The van der Waals surface area contributed by atoms with E-state index >= 15 is 0 Å². The fourth-order valence-electron chi connectivity index (χ4n) is 3.43. The standard InChI is InChI=1S/C23H24/c1-18-10-9-11-19(2)22(18)16-17-23(20-12-5-3-6-13-20)21-14-7-4-8-15-21/h3-15,23H,16-17H2,1-2H3. The van der Waals surface area contributed by atoms with Gasteiger partial charge in [0, 0.05) is 5.92 Å². The lowest BCUT2D eigenvalue weighted by atomic mass is 9.85. The van der Waals surface area contributed by atoms with Crippen molar-refractivity contribution in [1.29, 1.82) is 0 Å². The van der Waals surface area contributed by atoms with Crippen molar-refractivity contribution >= 4 is 0 Å². The molecular weight excluding hydrogens is 276 g/mol. The van der Waals surface area contributed by atoms with Gasteiger partial charge in [-0.25, -0.2) is 0 Å². The van der Waals surface area contributed by atoms with Crippen molar-refractivity contribution in [2.24, 2.45) is 0 Å². The first kappa shape index (κ1) is 15.6. The molecule has 0 unspecified atom stereocenters. The van der Waals surface area contributed by atoms with Crippen molar-refractivity contribution in [3.8, 4) is 0 Å². The Morgan fingerprint density at radius 1 is 0.609 bits per heavy atom. The van der Waals surface area contributed by atoms with Crippen LogP contribution in [0, 0.1) is 13.8 Å². The summed E-state index contributed by atoms with van der Waals surface area (Å²) in [6.07, 6.45) is 2.26. The van der Waals surface area contributed by atoms with Gasteiger partial charge < -0.3 is 0 Å². The lowest BCUT2D eigenvalue weighted by molar-refractivity contribution is 0.711. The second-order valence-electron chi connectivity index (χ2n) is 6.28. The van der Waals surface area contributed by atoms with Gasteiger partial charge in [-0.1, -0.05) is 78.9 Å². The van der Waals surface area contributed by atoms with Crippen molar-refractivity contribution in [2.45, 2.75) is 32.6 Å². The third-order valence-corrected chi connectivity index (χ3v) is 4.73. The number of benzene rings is 3. The molecule has 0 bridgehead atoms. The van der Waals surface area contributed by atoms with Gasteiger partial charge in [0.1, 0.15) is 0 Å². The summed E-state index contributed by atoms with van der Waals surface area (Å²) in [6, 6.07) is 28.4. The maximum atomic E-state index is 2.25. The summed E-state index contributed by atoms with van der Waals surface area (Å²) >= 11 is 0. The van der Waals surface area contributed by atoms with Gasteiger partial charge in [0.15, 0.2) is 0 Å². The highest BCUT2D eigenvalue weighted by Crippen LogP contribution is 2.30. The maximum Gasteiger partial charge on any atom is 0.00925 e. The van der Waals surface area contributed by atoms with Crippen molar-refractivity contribution in [1.82, 2.24) is 0 Å². The Hall–Kier alpha value is -2.34. The normalized spacial score (nSPS) is 10.9. The molecule has 0 spiro atoms. The van der Waals surface area contributed by atoms with E-state index in [9.17, 15) is 0 Å². The first-order chi connectivity index (χ1) is 11.3. The van der Waals surface area contributed by atoms with E-state index in [1.807, 2.05) is 0 Å². The number of rotatable bonds is 5. The summed E-state index contributed by atoms with van der Waals surface area (Å²) in [4.78, 5) is 0. The van der Waals surface area contributed by atoms with E-state index in [4.69, 9.17) is 0 Å². The zero-order valence-electron chi connectivity index (χ0n) is 14.0. The molecule has 0 aliphatic rings. The average molecular weight is 300 g/mol. The Labute approximate surface area is 139 Å². The van der Waals surface area contributed by atoms with Crippen molar-refractivity contribution < 1.29 is 0 Å². The monoisotopic (exact) mass is 300 g/mol. The smallest absolute Gasteiger partial charge is 0.00925 e. The van der Waals surface area contributed by atoms with Gasteiger partial charge in [0.05, 0.1) is 0 Å². The Morgan fingerprint density at radius 2 is 1.09 bits per heavy atom. The molecule has 0 saturated carbocycles. The van der Waals surface area contributed by atoms with Crippen LogP contribution < -0.4 is 0 Å². The highest BCUT2D eigenvalue weighted by Gasteiger charge is 2.15. The van der Waals surface area contributed by atoms with Crippen LogP contribution in [-0.2, 0) is 6.42 Å². The van der Waals surface area contributed by atoms with E-state index in [2.05, 4.69) is 92.7 Å². The topological polar surface area (TPSA) is 0 Å². The SMILES string of the molecule is Cc1cccc(C)c1CCC(c1ccccc1)c1ccccc1. The number of hydrogen-bond acceptors (Lipinski definition) is 0. The second-order valence-corrected chi connectivity index (χ2v) is 6.28. The van der Waals surface area contributed by atoms with E-state index in [0.29, 0.717) is 5.92 Å². The largest absolute Gasteiger partial charge is 0.0622 e. The average Bonchev–Trinajstić information content (AvgIpc) is 2.59. The highest BCUT2D eigenvalue weighted by atomic mass is 14.2. The molecule has 0 heterocycles. The third-order valence-electron chi connectivity index (χ3n) is 4.73. The number of aryl methyl sites for hydroxylation is 2. The summed E-state index contributed by atoms with van der Waals surface area (Å²) in [5.41, 5.74) is 7.13. The first-order valence-electron chi connectivity index (χ1n) is 8.40. The van der Waals surface area contributed by atoms with Gasteiger partial charge >= 0.3 is 0 Å². The fourth-order valence-corrected chi connectivity index (χ4v) is 3.43. The maximum absolute atomic E-state index is 2.25. The second kappa shape index (κ2) is 7.28. The van der Waals surface area contributed by atoms with Crippen molar-refractivity contribution in [2.75, 3.05) is 0 Å². The van der Waals surface area contributed by atoms with E-state index < -0.39 is 0 Å². The molecule has 0 heteroatoms. The molecule has 0 aliphatic heterocycles. The number of hydrogen-bond donors (Lipinski definition) is 0. The van der Waals surface area contributed by atoms with Crippen LogP contribution in [0.3, 0.4) is 0 Å². The zero-order valence-corrected chi connectivity index (χ0v) is 14.0. The molecule has 0 aliphatic carbocycles. The molecule has 0 amide bonds. The van der Waals surface area contributed by atoms with Crippen LogP contribution in [-0.4, -0.2) is 0 Å². The van der Waals surface area contributed by atoms with E-state index in [0.717, 1.165) is 12.8 Å². The summed E-state index contributed by atoms with van der Waals surface area (Å²) in [6.45, 7) is 4.45. The Balaban J connectivity index is 1.88. The first-order valence-corrected chi connectivity index (χ1v) is 8.40. The molecule has 0 saturated heterocycles. The van der Waals surface area contributed by atoms with Crippen LogP contribution in [0.15, 0.2) is 78.9 Å². The van der Waals surface area contributed by atoms with E-state index in [1.165, 1.54) is 27.8 Å². The van der Waals surface area contributed by atoms with Crippen LogP contribution >= 0.6 is 0 Å². The van der Waals surface area contributed by atoms with Crippen LogP contribution in [0.5, 0.6) is 0 Å². The molecule has 0 radical (unpaired) electrons. The minimum atomic E-state index is 0.455. The molecule has 0 atom stereocenters. The molecule has 3 rings (SSSR count). The highest BCUT2D eigenvalue weighted by molar-refractivity contribution is 5.36. The predicted octanol–water partition coefficient (Wildman–Crippen LogP) is 6.07. The molecule has 23 heavy (non-hydrogen) atoms. The summed E-state index contributed by atoms with van der Waals surface area (Å²) in [5, 5.41) is 0. The molecule has 3 aromatic rings. The third kappa shape index (κ3) is 3.71. The minimum absolute atomic E-state index is 0.455. The fraction of sp³-hybridized carbons (Fsp3) is 0.217. The van der Waals surface area contributed by atoms with Crippen LogP contribution in [0.25, 0.3) is 0 Å². The molecule has 116 valence electrons. The van der Waals surface area contributed by atoms with Gasteiger partial charge in [-0.15, -0.1) is 0 Å². The van der Waals surface area contributed by atoms with Crippen molar-refractivity contribution in [3.05, 3.63) is 107 Å². The van der Waals surface area contributed by atoms with Gasteiger partial charge in [-0.05, 0) is 54.5 Å². The van der Waals surface area contributed by atoms with E-state index in [1.54, 1.807) is 0 Å². The molecule has 0 nitrogen and oxygen atoms in total. The molecule has 0 aromatic heterocycles. The van der Waals surface area contributed by atoms with Gasteiger partial charge in [0.2, 0.25) is 0 Å². The summed E-state index contributed by atoms with van der Waals surface area (Å²) in [7, 11) is 0. The lowest BCUT2D eigenvalue weighted by Crippen LogP contribution is -2.04. The van der Waals surface area contributed by atoms with E-state index in [-0.39, 0.29) is 0 Å². The Kier molecular flexibility index (Phi) is 4.92. The Morgan fingerprint density at radius 3 is 1.57 bits per heavy atom. The van der Waals surface area contributed by atoms with Gasteiger partial charge in [-0.3, -0.25) is 0 Å². The summed E-state index contributed by atoms with van der Waals surface area (Å²) in [5.74, 6) is 0.455. The molecule has 0 N–H and O–H groups in total. The summed E-state index contributed by atoms with van der Waals surface area (Å²) < 4.78 is 0. The molecule has 3 aromatic carbocycles. The van der Waals surface area contributed by atoms with Crippen LogP contribution in [0.1, 0.15) is 40.2 Å². The minimum Gasteiger partial charge on any atom is -0.0622 e. The van der Waals surface area contributed by atoms with Gasteiger partial charge in [-0.2, -0.15) is 0 Å². The van der Waals surface area contributed by atoms with Gasteiger partial charge in [0.25, 0.3) is 0 Å². The van der Waals surface area contributed by atoms with Crippen LogP contribution in [0.4, 0.5) is 0 Å². The van der Waals surface area contributed by atoms with Crippen LogP contribution in [0.2, 0.25) is 0 Å². The molecule has 0 fully saturated rings. The Bertz CT molecular complexity index is 682. The van der Waals surface area contributed by atoms with Crippen molar-refractivity contribution in [3.63, 3.8) is 0 Å². The zero-order chi connectivity index (χ0) is 16.1. The lowest BCUT2D eigenvalue weighted by Gasteiger charge is -2.19. The predicted molar refractivity (Wildman–Crippen MR) is 99.0 cm³/mol. The molecular formula is C23H24. The quantitative estimate of drug-likeness (QED) is 0.536.